The van der Waals surface area contributed by atoms with Crippen LogP contribution < -0.4 is 5.32 Å². The van der Waals surface area contributed by atoms with Crippen molar-refractivity contribution in [1.82, 2.24) is 5.32 Å². The number of hydrogen-bond acceptors (Lipinski definition) is 2. The lowest BCUT2D eigenvalue weighted by atomic mass is 10.1. The van der Waals surface area contributed by atoms with Gasteiger partial charge in [0.15, 0.2) is 0 Å². The van der Waals surface area contributed by atoms with Crippen molar-refractivity contribution in [2.24, 2.45) is 0 Å². The zero-order chi connectivity index (χ0) is 12.0. The van der Waals surface area contributed by atoms with Crippen molar-refractivity contribution in [3.63, 3.8) is 0 Å². The smallest absolute Gasteiger partial charge is 0.137 e. The third-order valence-corrected chi connectivity index (χ3v) is 2.91. The van der Waals surface area contributed by atoms with Crippen molar-refractivity contribution in [2.45, 2.75) is 19.4 Å². The lowest BCUT2D eigenvalue weighted by Crippen LogP contribution is -2.31. The van der Waals surface area contributed by atoms with E-state index in [1.54, 1.807) is 7.11 Å². The Balaban J connectivity index is 2.34. The second kappa shape index (κ2) is 6.99. The molecule has 90 valence electrons. The number of benzene rings is 1. The van der Waals surface area contributed by atoms with Gasteiger partial charge >= 0.3 is 0 Å². The molecule has 0 aliphatic heterocycles. The molecule has 4 heteroatoms. The molecule has 1 atom stereocenters. The molecule has 0 aromatic heterocycles. The van der Waals surface area contributed by atoms with Crippen molar-refractivity contribution < 1.29 is 9.13 Å². The SMILES string of the molecule is COCC(C)NCCc1ccc(F)c(Br)c1. The fraction of sp³-hybridized carbons (Fsp3) is 0.500. The van der Waals surface area contributed by atoms with Crippen LogP contribution in [0.5, 0.6) is 0 Å². The van der Waals surface area contributed by atoms with Crippen LogP contribution in [0.25, 0.3) is 0 Å². The average Bonchev–Trinajstić information content (AvgIpc) is 2.24. The summed E-state index contributed by atoms with van der Waals surface area (Å²) in [4.78, 5) is 0. The Morgan fingerprint density at radius 3 is 2.88 bits per heavy atom. The molecule has 0 aliphatic rings. The quantitative estimate of drug-likeness (QED) is 0.870. The van der Waals surface area contributed by atoms with Crippen molar-refractivity contribution in [3.8, 4) is 0 Å². The second-order valence-electron chi connectivity index (χ2n) is 3.81. The van der Waals surface area contributed by atoms with Crippen LogP contribution in [0.4, 0.5) is 4.39 Å². The van der Waals surface area contributed by atoms with E-state index in [4.69, 9.17) is 4.74 Å². The first-order chi connectivity index (χ1) is 7.63. The molecule has 0 amide bonds. The minimum absolute atomic E-state index is 0.218. The monoisotopic (exact) mass is 289 g/mol. The molecule has 1 unspecified atom stereocenters. The molecule has 2 nitrogen and oxygen atoms in total. The van der Waals surface area contributed by atoms with Gasteiger partial charge in [0.05, 0.1) is 11.1 Å². The fourth-order valence-corrected chi connectivity index (χ4v) is 1.89. The van der Waals surface area contributed by atoms with E-state index in [0.717, 1.165) is 18.5 Å². The van der Waals surface area contributed by atoms with Crippen molar-refractivity contribution >= 4 is 15.9 Å². The predicted octanol–water partition coefficient (Wildman–Crippen LogP) is 2.76. The van der Waals surface area contributed by atoms with Gasteiger partial charge in [-0.2, -0.15) is 0 Å². The number of ether oxygens (including phenoxy) is 1. The Kier molecular flexibility index (Phi) is 5.95. The molecule has 1 rings (SSSR count). The zero-order valence-electron chi connectivity index (χ0n) is 9.59. The first kappa shape index (κ1) is 13.6. The summed E-state index contributed by atoms with van der Waals surface area (Å²) < 4.78 is 18.5. The van der Waals surface area contributed by atoms with Gasteiger partial charge < -0.3 is 10.1 Å². The van der Waals surface area contributed by atoms with Crippen LogP contribution in [0, 0.1) is 5.82 Å². The number of rotatable bonds is 6. The lowest BCUT2D eigenvalue weighted by molar-refractivity contribution is 0.172. The van der Waals surface area contributed by atoms with Crippen LogP contribution in [0.3, 0.4) is 0 Å². The summed E-state index contributed by atoms with van der Waals surface area (Å²) in [5.74, 6) is -0.218. The van der Waals surface area contributed by atoms with E-state index in [9.17, 15) is 4.39 Å². The summed E-state index contributed by atoms with van der Waals surface area (Å²) in [5.41, 5.74) is 1.12. The van der Waals surface area contributed by atoms with E-state index in [0.29, 0.717) is 17.1 Å². The molecule has 1 aromatic rings. The highest BCUT2D eigenvalue weighted by molar-refractivity contribution is 9.10. The van der Waals surface area contributed by atoms with Crippen molar-refractivity contribution in [2.75, 3.05) is 20.3 Å². The fourth-order valence-electron chi connectivity index (χ4n) is 1.47. The molecule has 0 aliphatic carbocycles. The maximum absolute atomic E-state index is 13.0. The Bertz CT molecular complexity index is 333. The van der Waals surface area contributed by atoms with E-state index in [1.165, 1.54) is 6.07 Å². The van der Waals surface area contributed by atoms with Crippen molar-refractivity contribution in [3.05, 3.63) is 34.1 Å². The normalized spacial score (nSPS) is 12.8. The van der Waals surface area contributed by atoms with Crippen LogP contribution >= 0.6 is 15.9 Å². The summed E-state index contributed by atoms with van der Waals surface area (Å²) in [6.45, 7) is 3.64. The number of hydrogen-bond donors (Lipinski definition) is 1. The second-order valence-corrected chi connectivity index (χ2v) is 4.66. The van der Waals surface area contributed by atoms with Crippen molar-refractivity contribution in [1.29, 1.82) is 0 Å². The maximum Gasteiger partial charge on any atom is 0.137 e. The van der Waals surface area contributed by atoms with E-state index in [1.807, 2.05) is 12.1 Å². The minimum atomic E-state index is -0.218. The largest absolute Gasteiger partial charge is 0.383 e. The standard InChI is InChI=1S/C12H17BrFNO/c1-9(8-16-2)15-6-5-10-3-4-12(14)11(13)7-10/h3-4,7,9,15H,5-6,8H2,1-2H3. The summed E-state index contributed by atoms with van der Waals surface area (Å²) in [5, 5.41) is 3.33. The number of methoxy groups -OCH3 is 1. The van der Waals surface area contributed by atoms with Crippen LogP contribution in [0.15, 0.2) is 22.7 Å². The highest BCUT2D eigenvalue weighted by Crippen LogP contribution is 2.16. The van der Waals surface area contributed by atoms with Crippen LogP contribution in [-0.2, 0) is 11.2 Å². The highest BCUT2D eigenvalue weighted by atomic mass is 79.9. The molecule has 1 aromatic carbocycles. The Labute approximate surface area is 104 Å². The van der Waals surface area contributed by atoms with E-state index in [-0.39, 0.29) is 5.82 Å². The predicted molar refractivity (Wildman–Crippen MR) is 67.1 cm³/mol. The minimum Gasteiger partial charge on any atom is -0.383 e. The third-order valence-electron chi connectivity index (χ3n) is 2.31. The van der Waals surface area contributed by atoms with Gasteiger partial charge in [-0.05, 0) is 53.5 Å². The summed E-state index contributed by atoms with van der Waals surface area (Å²) >= 11 is 3.18. The average molecular weight is 290 g/mol. The molecule has 16 heavy (non-hydrogen) atoms. The third kappa shape index (κ3) is 4.60. The maximum atomic E-state index is 13.0. The van der Waals surface area contributed by atoms with E-state index >= 15 is 0 Å². The topological polar surface area (TPSA) is 21.3 Å². The number of nitrogens with one attached hydrogen (secondary N) is 1. The highest BCUT2D eigenvalue weighted by Gasteiger charge is 2.02. The van der Waals surface area contributed by atoms with Crippen LogP contribution in [0.2, 0.25) is 0 Å². The van der Waals surface area contributed by atoms with Gasteiger partial charge in [-0.3, -0.25) is 0 Å². The van der Waals surface area contributed by atoms with Gasteiger partial charge in [0.2, 0.25) is 0 Å². The summed E-state index contributed by atoms with van der Waals surface area (Å²) in [6.07, 6.45) is 0.882. The molecule has 0 bridgehead atoms. The van der Waals surface area contributed by atoms with Gasteiger partial charge in [-0.15, -0.1) is 0 Å². The molecule has 0 radical (unpaired) electrons. The van der Waals surface area contributed by atoms with E-state index < -0.39 is 0 Å². The Hall–Kier alpha value is -0.450. The molecule has 0 spiro atoms. The molecular formula is C12H17BrFNO. The van der Waals surface area contributed by atoms with Gasteiger partial charge in [0.25, 0.3) is 0 Å². The van der Waals surface area contributed by atoms with Gasteiger partial charge in [-0.25, -0.2) is 4.39 Å². The molecule has 0 saturated carbocycles. The molecule has 0 fully saturated rings. The Morgan fingerprint density at radius 2 is 2.25 bits per heavy atom. The van der Waals surface area contributed by atoms with Crippen LogP contribution in [-0.4, -0.2) is 26.3 Å². The first-order valence-corrected chi connectivity index (χ1v) is 6.09. The molecule has 0 saturated heterocycles. The van der Waals surface area contributed by atoms with E-state index in [2.05, 4.69) is 28.2 Å². The molecule has 0 heterocycles. The number of halogens is 2. The van der Waals surface area contributed by atoms with Gasteiger partial charge in [0.1, 0.15) is 5.82 Å². The molecule has 1 N–H and O–H groups in total. The Morgan fingerprint density at radius 1 is 1.50 bits per heavy atom. The summed E-state index contributed by atoms with van der Waals surface area (Å²) in [6, 6.07) is 5.45. The lowest BCUT2D eigenvalue weighted by Gasteiger charge is -2.12. The summed E-state index contributed by atoms with van der Waals surface area (Å²) in [7, 11) is 1.69. The van der Waals surface area contributed by atoms with Gasteiger partial charge in [-0.1, -0.05) is 6.07 Å². The van der Waals surface area contributed by atoms with Gasteiger partial charge in [0, 0.05) is 13.2 Å². The first-order valence-electron chi connectivity index (χ1n) is 5.29. The zero-order valence-corrected chi connectivity index (χ0v) is 11.2. The van der Waals surface area contributed by atoms with Crippen LogP contribution in [0.1, 0.15) is 12.5 Å². The molecular weight excluding hydrogens is 273 g/mol.